The molecule has 0 saturated heterocycles. The summed E-state index contributed by atoms with van der Waals surface area (Å²) < 4.78 is 0. The smallest absolute Gasteiger partial charge is 0.346 e. The highest BCUT2D eigenvalue weighted by Crippen LogP contribution is 2.22. The lowest BCUT2D eigenvalue weighted by atomic mass is 9.88. The van der Waals surface area contributed by atoms with Gasteiger partial charge >= 0.3 is 5.69 Å². The van der Waals surface area contributed by atoms with Crippen molar-refractivity contribution < 1.29 is 9.90 Å². The fourth-order valence-electron chi connectivity index (χ4n) is 2.03. The Hall–Kier alpha value is -1.34. The lowest BCUT2D eigenvalue weighted by molar-refractivity contribution is 0.0928. The highest BCUT2D eigenvalue weighted by atomic mass is 32.2. The van der Waals surface area contributed by atoms with Crippen LogP contribution in [-0.4, -0.2) is 40.4 Å². The van der Waals surface area contributed by atoms with E-state index < -0.39 is 5.69 Å². The number of aliphatic hydroxyl groups excluding tert-OH is 1. The Balaban J connectivity index is 2.83. The molecule has 0 radical (unpaired) electrons. The van der Waals surface area contributed by atoms with E-state index >= 15 is 0 Å². The number of thioether (sulfide) groups is 1. The number of nitrogens with zero attached hydrogens (tertiary/aromatic N) is 1. The van der Waals surface area contributed by atoms with E-state index in [0.29, 0.717) is 29.2 Å². The van der Waals surface area contributed by atoms with Crippen molar-refractivity contribution in [1.82, 2.24) is 15.3 Å². The molecule has 0 spiro atoms. The zero-order valence-corrected chi connectivity index (χ0v) is 13.8. The Morgan fingerprint density at radius 3 is 2.71 bits per heavy atom. The summed E-state index contributed by atoms with van der Waals surface area (Å²) in [5.74, 6) is -0.238. The minimum absolute atomic E-state index is 0.0958. The van der Waals surface area contributed by atoms with Gasteiger partial charge in [0.25, 0.3) is 5.91 Å². The number of hydrogen-bond donors (Lipinski definition) is 3. The van der Waals surface area contributed by atoms with Gasteiger partial charge in [0.15, 0.2) is 0 Å². The van der Waals surface area contributed by atoms with E-state index in [1.165, 1.54) is 11.8 Å². The van der Waals surface area contributed by atoms with Crippen molar-refractivity contribution in [2.45, 2.75) is 38.6 Å². The van der Waals surface area contributed by atoms with Gasteiger partial charge in [0.1, 0.15) is 5.03 Å². The second kappa shape index (κ2) is 7.61. The number of aliphatic hydroxyl groups is 1. The molecule has 0 fully saturated rings. The summed E-state index contributed by atoms with van der Waals surface area (Å²) in [6, 6.07) is 0. The maximum Gasteiger partial charge on any atom is 0.346 e. The van der Waals surface area contributed by atoms with Crippen LogP contribution >= 0.6 is 11.8 Å². The predicted molar refractivity (Wildman–Crippen MR) is 83.8 cm³/mol. The van der Waals surface area contributed by atoms with Crippen LogP contribution in [0.25, 0.3) is 0 Å². The molecule has 0 unspecified atom stereocenters. The molecule has 1 heterocycles. The fourth-order valence-corrected chi connectivity index (χ4v) is 2.65. The van der Waals surface area contributed by atoms with E-state index in [9.17, 15) is 9.59 Å². The van der Waals surface area contributed by atoms with Crippen LogP contribution in [0.1, 0.15) is 42.7 Å². The van der Waals surface area contributed by atoms with Gasteiger partial charge in [-0.15, -0.1) is 11.8 Å². The number of aromatic nitrogens is 2. The van der Waals surface area contributed by atoms with Crippen molar-refractivity contribution in [1.29, 1.82) is 0 Å². The topological polar surface area (TPSA) is 95.1 Å². The number of amides is 1. The van der Waals surface area contributed by atoms with Crippen LogP contribution in [0.4, 0.5) is 0 Å². The summed E-state index contributed by atoms with van der Waals surface area (Å²) >= 11 is 1.27. The monoisotopic (exact) mass is 313 g/mol. The van der Waals surface area contributed by atoms with Gasteiger partial charge in [-0.3, -0.25) is 4.79 Å². The number of rotatable bonds is 7. The fraction of sp³-hybridized carbons (Fsp3) is 0.643. The van der Waals surface area contributed by atoms with Crippen LogP contribution in [0, 0.1) is 12.3 Å². The Bertz CT molecular complexity index is 555. The first-order chi connectivity index (χ1) is 9.80. The Morgan fingerprint density at radius 1 is 1.48 bits per heavy atom. The minimum atomic E-state index is -0.448. The Labute approximate surface area is 128 Å². The summed E-state index contributed by atoms with van der Waals surface area (Å²) in [5.41, 5.74) is 0.392. The summed E-state index contributed by atoms with van der Waals surface area (Å²) in [5, 5.41) is 12.2. The molecule has 1 aromatic rings. The van der Waals surface area contributed by atoms with E-state index in [1.807, 2.05) is 13.8 Å². The molecule has 3 N–H and O–H groups in total. The first-order valence-corrected chi connectivity index (χ1v) is 8.07. The third kappa shape index (κ3) is 5.17. The maximum atomic E-state index is 12.3. The molecule has 0 aromatic carbocycles. The summed E-state index contributed by atoms with van der Waals surface area (Å²) in [6.07, 6.45) is 3.31. The number of H-pyrrole nitrogens is 1. The second-order valence-electron chi connectivity index (χ2n) is 5.73. The van der Waals surface area contributed by atoms with Gasteiger partial charge < -0.3 is 15.4 Å². The first-order valence-electron chi connectivity index (χ1n) is 6.84. The molecule has 21 heavy (non-hydrogen) atoms. The van der Waals surface area contributed by atoms with Gasteiger partial charge in [-0.25, -0.2) is 4.79 Å². The Kier molecular flexibility index (Phi) is 6.42. The van der Waals surface area contributed by atoms with Gasteiger partial charge in [-0.1, -0.05) is 13.8 Å². The standard InChI is InChI=1S/C14H23N3O3S/c1-9-10(12(21-4)17-13(20)16-9)11(19)15-8-14(2,3)6-5-7-18/h18H,5-8H2,1-4H3,(H,15,19)(H,16,17,20). The molecule has 118 valence electrons. The largest absolute Gasteiger partial charge is 0.396 e. The van der Waals surface area contributed by atoms with Crippen LogP contribution in [0.3, 0.4) is 0 Å². The van der Waals surface area contributed by atoms with E-state index in [-0.39, 0.29) is 17.9 Å². The maximum absolute atomic E-state index is 12.3. The van der Waals surface area contributed by atoms with Crippen LogP contribution in [-0.2, 0) is 0 Å². The molecule has 1 rings (SSSR count). The van der Waals surface area contributed by atoms with Gasteiger partial charge in [-0.2, -0.15) is 4.98 Å². The summed E-state index contributed by atoms with van der Waals surface area (Å²) in [4.78, 5) is 30.1. The third-order valence-electron chi connectivity index (χ3n) is 3.25. The lowest BCUT2D eigenvalue weighted by Gasteiger charge is -2.25. The molecule has 1 aromatic heterocycles. The zero-order valence-electron chi connectivity index (χ0n) is 12.9. The SMILES string of the molecule is CSc1nc(=O)[nH]c(C)c1C(=O)NCC(C)(C)CCCO. The molecule has 7 heteroatoms. The molecule has 0 saturated carbocycles. The van der Waals surface area contributed by atoms with Crippen LogP contribution < -0.4 is 11.0 Å². The van der Waals surface area contributed by atoms with E-state index in [2.05, 4.69) is 15.3 Å². The average molecular weight is 313 g/mol. The number of carbonyl (C=O) groups is 1. The number of aryl methyl sites for hydroxylation is 1. The van der Waals surface area contributed by atoms with Crippen molar-refractivity contribution in [2.75, 3.05) is 19.4 Å². The molecular formula is C14H23N3O3S. The highest BCUT2D eigenvalue weighted by molar-refractivity contribution is 7.98. The van der Waals surface area contributed by atoms with Crippen molar-refractivity contribution >= 4 is 17.7 Å². The van der Waals surface area contributed by atoms with Crippen molar-refractivity contribution in [2.24, 2.45) is 5.41 Å². The molecule has 0 aliphatic carbocycles. The molecule has 0 aliphatic heterocycles. The van der Waals surface area contributed by atoms with E-state index in [0.717, 1.165) is 6.42 Å². The van der Waals surface area contributed by atoms with Gasteiger partial charge in [0.05, 0.1) is 5.56 Å². The van der Waals surface area contributed by atoms with Crippen LogP contribution in [0.15, 0.2) is 9.82 Å². The van der Waals surface area contributed by atoms with Gasteiger partial charge in [0.2, 0.25) is 0 Å². The van der Waals surface area contributed by atoms with Gasteiger partial charge in [-0.05, 0) is 31.4 Å². The predicted octanol–water partition coefficient (Wildman–Crippen LogP) is 1.33. The molecule has 0 bridgehead atoms. The summed E-state index contributed by atoms with van der Waals surface area (Å²) in [7, 11) is 0. The highest BCUT2D eigenvalue weighted by Gasteiger charge is 2.21. The van der Waals surface area contributed by atoms with Gasteiger partial charge in [0, 0.05) is 18.8 Å². The van der Waals surface area contributed by atoms with Crippen molar-refractivity contribution in [3.63, 3.8) is 0 Å². The minimum Gasteiger partial charge on any atom is -0.396 e. The Morgan fingerprint density at radius 2 is 2.14 bits per heavy atom. The van der Waals surface area contributed by atoms with Crippen molar-refractivity contribution in [3.8, 4) is 0 Å². The molecule has 6 nitrogen and oxygen atoms in total. The average Bonchev–Trinajstić information content (AvgIpc) is 2.42. The number of aromatic amines is 1. The van der Waals surface area contributed by atoms with E-state index in [4.69, 9.17) is 5.11 Å². The van der Waals surface area contributed by atoms with Crippen LogP contribution in [0.2, 0.25) is 0 Å². The first kappa shape index (κ1) is 17.7. The van der Waals surface area contributed by atoms with Crippen LogP contribution in [0.5, 0.6) is 0 Å². The number of carbonyl (C=O) groups excluding carboxylic acids is 1. The number of nitrogens with one attached hydrogen (secondary N) is 2. The summed E-state index contributed by atoms with van der Waals surface area (Å²) in [6.45, 7) is 6.41. The van der Waals surface area contributed by atoms with Crippen molar-refractivity contribution in [3.05, 3.63) is 21.7 Å². The number of hydrogen-bond acceptors (Lipinski definition) is 5. The molecule has 0 aliphatic rings. The zero-order chi connectivity index (χ0) is 16.0. The molecular weight excluding hydrogens is 290 g/mol. The van der Waals surface area contributed by atoms with E-state index in [1.54, 1.807) is 13.2 Å². The second-order valence-corrected chi connectivity index (χ2v) is 6.52. The lowest BCUT2D eigenvalue weighted by Crippen LogP contribution is -2.35. The third-order valence-corrected chi connectivity index (χ3v) is 3.93. The molecule has 1 amide bonds. The quantitative estimate of drug-likeness (QED) is 0.521. The normalized spacial score (nSPS) is 11.5. The molecule has 0 atom stereocenters.